The van der Waals surface area contributed by atoms with Crippen LogP contribution in [0.2, 0.25) is 5.02 Å². The lowest BCUT2D eigenvalue weighted by Gasteiger charge is -2.29. The van der Waals surface area contributed by atoms with Crippen LogP contribution < -0.4 is 15.4 Å². The summed E-state index contributed by atoms with van der Waals surface area (Å²) in [6, 6.07) is 11.8. The number of aromatic nitrogens is 3. The van der Waals surface area contributed by atoms with Crippen LogP contribution in [0.3, 0.4) is 0 Å². The second kappa shape index (κ2) is 21.9. The number of ether oxygens (including phenoxy) is 4. The van der Waals surface area contributed by atoms with Crippen molar-refractivity contribution in [1.29, 1.82) is 0 Å². The van der Waals surface area contributed by atoms with Crippen LogP contribution in [-0.2, 0) is 72.0 Å². The average molecular weight is 933 g/mol. The quantitative estimate of drug-likeness (QED) is 0.120. The van der Waals surface area contributed by atoms with Gasteiger partial charge in [-0.1, -0.05) is 74.0 Å². The van der Waals surface area contributed by atoms with Crippen molar-refractivity contribution in [2.24, 2.45) is 17.3 Å². The van der Waals surface area contributed by atoms with Gasteiger partial charge in [-0.3, -0.25) is 24.0 Å². The molecule has 66 heavy (non-hydrogen) atoms. The summed E-state index contributed by atoms with van der Waals surface area (Å²) < 4.78 is 25.1. The lowest BCUT2D eigenvalue weighted by Crippen LogP contribution is -2.51. The smallest absolute Gasteiger partial charge is 0.347 e. The van der Waals surface area contributed by atoms with E-state index >= 15 is 0 Å². The number of esters is 2. The standard InChI is InChI=1S/C47H57ClN6O12/c1-27(2)21-37-45(60)63-35(10-8-11-38(55)50-34(23-30-15-18-36(62-6)33(48)22-30)44(59)49-26-47(4,5)46(61)64-37)28(3)42-43(65-42)31-16-13-29(14-17-31)24-53-25-32(51-52-53)9-7-12-41(58)66-54-39(56)19-20-40(54)57/h8,11,13-18,22,25,27-28,34-35,37,42-43H,7,9-10,12,19-21,23-24,26H2,1-6H3,(H,49,59)(H,50,55)/b11-8+/t28-,34+,35-,37-,42+,43+/m0/s1. The summed E-state index contributed by atoms with van der Waals surface area (Å²) in [4.78, 5) is 94.9. The Morgan fingerprint density at radius 2 is 1.70 bits per heavy atom. The highest BCUT2D eigenvalue weighted by Gasteiger charge is 2.48. The summed E-state index contributed by atoms with van der Waals surface area (Å²) in [7, 11) is 1.49. The molecule has 6 atom stereocenters. The monoisotopic (exact) mass is 932 g/mol. The first-order valence-corrected chi connectivity index (χ1v) is 22.5. The Morgan fingerprint density at radius 1 is 0.985 bits per heavy atom. The number of carbonyl (C=O) groups is 7. The van der Waals surface area contributed by atoms with Gasteiger partial charge in [0.1, 0.15) is 24.0 Å². The molecule has 4 heterocycles. The summed E-state index contributed by atoms with van der Waals surface area (Å²) >= 11 is 6.36. The Hall–Kier alpha value is -6.14. The van der Waals surface area contributed by atoms with Gasteiger partial charge in [0.25, 0.3) is 11.8 Å². The topological polar surface area (TPSA) is 227 Å². The van der Waals surface area contributed by atoms with Gasteiger partial charge in [-0.05, 0) is 73.9 Å². The van der Waals surface area contributed by atoms with Crippen molar-refractivity contribution in [1.82, 2.24) is 30.7 Å². The molecule has 6 rings (SSSR count). The largest absolute Gasteiger partial charge is 0.495 e. The summed E-state index contributed by atoms with van der Waals surface area (Å²) in [6.07, 6.45) is 3.33. The molecule has 0 saturated carbocycles. The fourth-order valence-electron chi connectivity index (χ4n) is 7.57. The van der Waals surface area contributed by atoms with Gasteiger partial charge in [0.05, 0.1) is 35.9 Å². The van der Waals surface area contributed by atoms with Gasteiger partial charge < -0.3 is 34.4 Å². The maximum Gasteiger partial charge on any atom is 0.347 e. The number of hydrogen-bond acceptors (Lipinski definition) is 14. The Balaban J connectivity index is 1.10. The number of nitrogens with zero attached hydrogens (tertiary/aromatic N) is 4. The van der Waals surface area contributed by atoms with E-state index in [1.54, 1.807) is 49.0 Å². The van der Waals surface area contributed by atoms with Crippen molar-refractivity contribution in [3.63, 3.8) is 0 Å². The molecule has 0 radical (unpaired) electrons. The van der Waals surface area contributed by atoms with Gasteiger partial charge in [0, 0.05) is 50.8 Å². The molecule has 0 spiro atoms. The van der Waals surface area contributed by atoms with E-state index < -0.39 is 65.2 Å². The lowest BCUT2D eigenvalue weighted by molar-refractivity contribution is -0.197. The first kappa shape index (κ1) is 49.3. The van der Waals surface area contributed by atoms with Crippen LogP contribution >= 0.6 is 11.6 Å². The molecule has 4 amide bonds. The fourth-order valence-corrected chi connectivity index (χ4v) is 7.85. The molecule has 3 aliphatic rings. The minimum atomic E-state index is -1.25. The third kappa shape index (κ3) is 13.2. The molecular formula is C47H57ClN6O12. The van der Waals surface area contributed by atoms with Crippen LogP contribution in [0, 0.1) is 17.3 Å². The Morgan fingerprint density at radius 3 is 2.38 bits per heavy atom. The third-order valence-electron chi connectivity index (χ3n) is 11.5. The molecule has 2 aromatic carbocycles. The van der Waals surface area contributed by atoms with Crippen LogP contribution in [0.1, 0.15) is 102 Å². The van der Waals surface area contributed by atoms with E-state index in [2.05, 4.69) is 20.9 Å². The highest BCUT2D eigenvalue weighted by Crippen LogP contribution is 2.45. The van der Waals surface area contributed by atoms with Crippen LogP contribution in [0.25, 0.3) is 0 Å². The van der Waals surface area contributed by atoms with Gasteiger partial charge >= 0.3 is 17.9 Å². The number of nitrogens with one attached hydrogen (secondary N) is 2. The number of benzene rings is 2. The molecule has 18 nitrogen and oxygen atoms in total. The minimum Gasteiger partial charge on any atom is -0.495 e. The predicted octanol–water partition coefficient (Wildman–Crippen LogP) is 4.69. The van der Waals surface area contributed by atoms with Gasteiger partial charge in [0.2, 0.25) is 11.8 Å². The highest BCUT2D eigenvalue weighted by atomic mass is 35.5. The third-order valence-corrected chi connectivity index (χ3v) is 11.8. The SMILES string of the molecule is COc1ccc(C[C@H]2NC(=O)/C=C/C[C@@H]([C@H](C)[C@H]3O[C@@H]3c3ccc(Cn4cc(CCCC(=O)ON5C(=O)CCC5=O)nn4)cc3)OC(=O)[C@H](CC(C)C)OC(=O)C(C)(C)CNC2=O)cc1Cl. The molecular weight excluding hydrogens is 876 g/mol. The van der Waals surface area contributed by atoms with Gasteiger partial charge in [0.15, 0.2) is 6.10 Å². The van der Waals surface area contributed by atoms with E-state index in [0.29, 0.717) is 46.5 Å². The first-order chi connectivity index (χ1) is 31.4. The Kier molecular flexibility index (Phi) is 16.4. The molecule has 19 heteroatoms. The maximum atomic E-state index is 13.9. The number of hydroxylamine groups is 2. The molecule has 0 bridgehead atoms. The Labute approximate surface area is 387 Å². The average Bonchev–Trinajstić information content (AvgIpc) is 3.85. The van der Waals surface area contributed by atoms with E-state index in [4.69, 9.17) is 35.4 Å². The Bertz CT molecular complexity index is 2300. The van der Waals surface area contributed by atoms with E-state index in [-0.39, 0.29) is 69.1 Å². The van der Waals surface area contributed by atoms with Crippen LogP contribution in [0.5, 0.6) is 5.75 Å². The number of amides is 4. The minimum absolute atomic E-state index is 0.00276. The number of methoxy groups -OCH3 is 1. The van der Waals surface area contributed by atoms with Crippen molar-refractivity contribution in [2.45, 2.75) is 123 Å². The maximum absolute atomic E-state index is 13.9. The first-order valence-electron chi connectivity index (χ1n) is 22.1. The summed E-state index contributed by atoms with van der Waals surface area (Å²) in [5.74, 6) is -4.15. The normalized spacial score (nSPS) is 23.7. The van der Waals surface area contributed by atoms with Crippen molar-refractivity contribution < 1.29 is 57.3 Å². The van der Waals surface area contributed by atoms with Crippen LogP contribution in [0.4, 0.5) is 0 Å². The molecule has 1 aromatic heterocycles. The van der Waals surface area contributed by atoms with E-state index in [0.717, 1.165) is 11.1 Å². The molecule has 0 unspecified atom stereocenters. The zero-order valence-corrected chi connectivity index (χ0v) is 38.7. The number of rotatable bonds is 15. The summed E-state index contributed by atoms with van der Waals surface area (Å²) in [5, 5.41) is 14.8. The number of cyclic esters (lactones) is 2. The highest BCUT2D eigenvalue weighted by molar-refractivity contribution is 6.32. The van der Waals surface area contributed by atoms with Gasteiger partial charge in [-0.15, -0.1) is 10.2 Å². The lowest BCUT2D eigenvalue weighted by atomic mass is 9.92. The number of epoxide rings is 1. The molecule has 2 fully saturated rings. The van der Waals surface area contributed by atoms with E-state index in [1.807, 2.05) is 45.0 Å². The molecule has 2 N–H and O–H groups in total. The second-order valence-electron chi connectivity index (χ2n) is 17.9. The second-order valence-corrected chi connectivity index (χ2v) is 18.3. The molecule has 3 aromatic rings. The van der Waals surface area contributed by atoms with Crippen molar-refractivity contribution in [3.8, 4) is 5.75 Å². The number of aryl methyl sites for hydroxylation is 1. The molecule has 2 saturated heterocycles. The number of halogens is 1. The van der Waals surface area contributed by atoms with Gasteiger partial charge in [-0.2, -0.15) is 0 Å². The van der Waals surface area contributed by atoms with Crippen molar-refractivity contribution in [3.05, 3.63) is 88.2 Å². The fraction of sp³-hybridized carbons (Fsp3) is 0.511. The predicted molar refractivity (Wildman–Crippen MR) is 236 cm³/mol. The molecule has 0 aliphatic carbocycles. The van der Waals surface area contributed by atoms with E-state index in [1.165, 1.54) is 13.2 Å². The zero-order valence-electron chi connectivity index (χ0n) is 38.0. The zero-order chi connectivity index (χ0) is 47.7. The van der Waals surface area contributed by atoms with Crippen LogP contribution in [-0.4, -0.2) is 99.6 Å². The molecule has 354 valence electrons. The van der Waals surface area contributed by atoms with E-state index in [9.17, 15) is 33.6 Å². The number of carbonyl (C=O) groups excluding carboxylic acids is 7. The number of hydrogen-bond donors (Lipinski definition) is 2. The van der Waals surface area contributed by atoms with Crippen LogP contribution in [0.15, 0.2) is 60.8 Å². The number of imide groups is 1. The van der Waals surface area contributed by atoms with Crippen molar-refractivity contribution in [2.75, 3.05) is 13.7 Å². The summed E-state index contributed by atoms with van der Waals surface area (Å²) in [6.45, 7) is 9.19. The summed E-state index contributed by atoms with van der Waals surface area (Å²) in [5.41, 5.74) is 1.93. The van der Waals surface area contributed by atoms with Crippen molar-refractivity contribution >= 4 is 53.1 Å². The molecule has 3 aliphatic heterocycles. The van der Waals surface area contributed by atoms with Gasteiger partial charge in [-0.25, -0.2) is 14.3 Å².